The maximum Gasteiger partial charge on any atom is 0.280 e. The number of H-pyrrole nitrogens is 1. The standard InChI is InChI=1S/C10H15N5O11P2/c11-10-13-7-4(8(17)14-10)12-2-15(7)9-5(16)6(26-28(21,22)23)3(25-9)1-24-27(18,19)20/h2-3,5-6,9,16H,1H2,(H2,18,19,20)(H2,21,22,23)(H3,11,13,14,17)/p-4/t3-,5-,6-,9-/m1/s1. The first-order valence-electron chi connectivity index (χ1n) is 7.28. The summed E-state index contributed by atoms with van der Waals surface area (Å²) in [5, 5.41) is 10.4. The van der Waals surface area contributed by atoms with Crippen LogP contribution in [-0.4, -0.2) is 49.5 Å². The smallest absolute Gasteiger partial charge is 0.280 e. The minimum atomic E-state index is -5.66. The molecule has 0 amide bonds. The van der Waals surface area contributed by atoms with Crippen LogP contribution in [0.2, 0.25) is 0 Å². The normalized spacial score (nSPS) is 26.2. The molecule has 3 rings (SSSR count). The third-order valence-corrected chi connectivity index (χ3v) is 4.65. The fraction of sp³-hybridized carbons (Fsp3) is 0.500. The number of nitrogens with one attached hydrogen (secondary N) is 1. The van der Waals surface area contributed by atoms with Crippen molar-refractivity contribution in [2.75, 3.05) is 12.3 Å². The first-order valence-corrected chi connectivity index (χ1v) is 10.2. The molecular weight excluding hydrogens is 428 g/mol. The van der Waals surface area contributed by atoms with Gasteiger partial charge in [-0.3, -0.25) is 14.3 Å². The molecule has 0 aromatic carbocycles. The number of aromatic amines is 1. The molecule has 2 aromatic rings. The van der Waals surface area contributed by atoms with Gasteiger partial charge < -0.3 is 53.3 Å². The minimum absolute atomic E-state index is 0.170. The highest BCUT2D eigenvalue weighted by atomic mass is 31.2. The van der Waals surface area contributed by atoms with E-state index in [1.54, 1.807) is 0 Å². The van der Waals surface area contributed by atoms with Crippen molar-refractivity contribution in [2.45, 2.75) is 24.5 Å². The molecule has 1 saturated heterocycles. The molecule has 0 unspecified atom stereocenters. The molecule has 2 aromatic heterocycles. The summed E-state index contributed by atoms with van der Waals surface area (Å²) in [7, 11) is -11.1. The zero-order valence-corrected chi connectivity index (χ0v) is 15.2. The Bertz CT molecular complexity index is 1030. The van der Waals surface area contributed by atoms with E-state index < -0.39 is 52.4 Å². The number of aromatic nitrogens is 4. The fourth-order valence-corrected chi connectivity index (χ4v) is 3.54. The average Bonchev–Trinajstić information content (AvgIpc) is 3.06. The number of hydrogen-bond donors (Lipinski definition) is 3. The number of aliphatic hydroxyl groups excluding tert-OH is 1. The van der Waals surface area contributed by atoms with Crippen LogP contribution < -0.4 is 30.9 Å². The van der Waals surface area contributed by atoms with Crippen molar-refractivity contribution >= 4 is 32.8 Å². The van der Waals surface area contributed by atoms with Crippen molar-refractivity contribution in [3.05, 3.63) is 16.7 Å². The van der Waals surface area contributed by atoms with E-state index in [0.29, 0.717) is 0 Å². The zero-order valence-electron chi connectivity index (χ0n) is 13.4. The van der Waals surface area contributed by atoms with Crippen molar-refractivity contribution < 1.29 is 47.6 Å². The van der Waals surface area contributed by atoms with Crippen LogP contribution in [0.25, 0.3) is 11.2 Å². The van der Waals surface area contributed by atoms with E-state index in [1.807, 2.05) is 0 Å². The van der Waals surface area contributed by atoms with Gasteiger partial charge in [-0.1, -0.05) is 0 Å². The monoisotopic (exact) mass is 439 g/mol. The summed E-state index contributed by atoms with van der Waals surface area (Å²) in [6, 6.07) is 0. The Morgan fingerprint density at radius 1 is 1.32 bits per heavy atom. The molecule has 28 heavy (non-hydrogen) atoms. The van der Waals surface area contributed by atoms with Gasteiger partial charge in [0.15, 0.2) is 17.4 Å². The van der Waals surface area contributed by atoms with E-state index in [4.69, 9.17) is 10.5 Å². The maximum absolute atomic E-state index is 11.8. The average molecular weight is 439 g/mol. The first-order chi connectivity index (χ1) is 12.9. The number of aliphatic hydroxyl groups is 1. The Kier molecular flexibility index (Phi) is 5.46. The summed E-state index contributed by atoms with van der Waals surface area (Å²) in [6.45, 7) is -1.05. The second kappa shape index (κ2) is 7.27. The van der Waals surface area contributed by atoms with Gasteiger partial charge in [-0.2, -0.15) is 4.98 Å². The van der Waals surface area contributed by atoms with Crippen LogP contribution in [0.15, 0.2) is 11.1 Å². The van der Waals surface area contributed by atoms with Crippen molar-refractivity contribution in [3.8, 4) is 0 Å². The highest BCUT2D eigenvalue weighted by Gasteiger charge is 2.47. The quantitative estimate of drug-likeness (QED) is 0.356. The van der Waals surface area contributed by atoms with Crippen molar-refractivity contribution in [1.29, 1.82) is 0 Å². The molecule has 4 N–H and O–H groups in total. The number of rotatable bonds is 6. The van der Waals surface area contributed by atoms with Crippen LogP contribution in [0.1, 0.15) is 6.23 Å². The molecule has 0 spiro atoms. The molecule has 1 aliphatic rings. The largest absolute Gasteiger partial charge is 0.790 e. The molecule has 3 heterocycles. The first kappa shape index (κ1) is 21.0. The number of nitrogens with two attached hydrogens (primary N) is 1. The van der Waals surface area contributed by atoms with Gasteiger partial charge in [-0.15, -0.1) is 0 Å². The van der Waals surface area contributed by atoms with Crippen LogP contribution in [0.4, 0.5) is 5.95 Å². The Labute approximate surface area is 154 Å². The van der Waals surface area contributed by atoms with Gasteiger partial charge in [-0.05, 0) is 0 Å². The van der Waals surface area contributed by atoms with Gasteiger partial charge in [0, 0.05) is 0 Å². The summed E-state index contributed by atoms with van der Waals surface area (Å²) >= 11 is 0. The maximum atomic E-state index is 11.8. The number of fused-ring (bicyclic) bond motifs is 1. The lowest BCUT2D eigenvalue weighted by atomic mass is 10.1. The predicted molar refractivity (Wildman–Crippen MR) is 78.5 cm³/mol. The molecule has 156 valence electrons. The molecule has 18 heteroatoms. The summed E-state index contributed by atoms with van der Waals surface area (Å²) in [4.78, 5) is 64.8. The third-order valence-electron chi connectivity index (χ3n) is 3.68. The summed E-state index contributed by atoms with van der Waals surface area (Å²) in [5.41, 5.74) is 4.35. The Morgan fingerprint density at radius 3 is 2.61 bits per heavy atom. The zero-order chi connectivity index (χ0) is 20.9. The lowest BCUT2D eigenvalue weighted by Crippen LogP contribution is -2.39. The molecule has 4 atom stereocenters. The summed E-state index contributed by atoms with van der Waals surface area (Å²) < 4.78 is 36.1. The lowest BCUT2D eigenvalue weighted by Gasteiger charge is -2.35. The van der Waals surface area contributed by atoms with Crippen LogP contribution in [0.5, 0.6) is 0 Å². The SMILES string of the molecule is Nc1nc2c(ncn2[C@@H]2O[C@H](COP(=O)([O-])[O-])[C@@H](OP(=O)([O-])[O-])[C@H]2O)c(=O)[nH]1. The van der Waals surface area contributed by atoms with Gasteiger partial charge >= 0.3 is 0 Å². The molecule has 1 fully saturated rings. The minimum Gasteiger partial charge on any atom is -0.790 e. The number of nitrogen functional groups attached to an aromatic ring is 1. The second-order valence-corrected chi connectivity index (χ2v) is 7.85. The molecule has 0 radical (unpaired) electrons. The van der Waals surface area contributed by atoms with Gasteiger partial charge in [0.2, 0.25) is 5.95 Å². The van der Waals surface area contributed by atoms with Crippen LogP contribution in [0, 0.1) is 0 Å². The van der Waals surface area contributed by atoms with E-state index in [9.17, 15) is 38.6 Å². The van der Waals surface area contributed by atoms with Gasteiger partial charge in [-0.25, -0.2) is 4.98 Å². The van der Waals surface area contributed by atoms with Crippen LogP contribution in [-0.2, 0) is 22.9 Å². The van der Waals surface area contributed by atoms with Crippen molar-refractivity contribution in [3.63, 3.8) is 0 Å². The van der Waals surface area contributed by atoms with E-state index in [0.717, 1.165) is 10.9 Å². The Hall–Kier alpha value is -1.71. The lowest BCUT2D eigenvalue weighted by molar-refractivity contribution is -0.347. The van der Waals surface area contributed by atoms with Gasteiger partial charge in [0.05, 0.1) is 28.6 Å². The third kappa shape index (κ3) is 4.47. The number of phosphoric acid groups is 2. The second-order valence-electron chi connectivity index (χ2n) is 5.59. The molecule has 0 saturated carbocycles. The molecule has 0 bridgehead atoms. The molecular formula is C10H11N5O11P2-4. The number of phosphoric ester groups is 2. The predicted octanol–water partition coefficient (Wildman–Crippen LogP) is -4.98. The summed E-state index contributed by atoms with van der Waals surface area (Å²) in [5.74, 6) is -0.304. The Balaban J connectivity index is 1.97. The molecule has 0 aliphatic carbocycles. The number of imidazole rings is 1. The summed E-state index contributed by atoms with van der Waals surface area (Å²) in [6.07, 6.45) is -6.01. The van der Waals surface area contributed by atoms with E-state index >= 15 is 0 Å². The highest BCUT2D eigenvalue weighted by molar-refractivity contribution is 7.43. The highest BCUT2D eigenvalue weighted by Crippen LogP contribution is 2.40. The van der Waals surface area contributed by atoms with E-state index in [2.05, 4.69) is 24.0 Å². The van der Waals surface area contributed by atoms with E-state index in [-0.39, 0.29) is 17.1 Å². The molecule has 16 nitrogen and oxygen atoms in total. The van der Waals surface area contributed by atoms with Gasteiger partial charge in [0.1, 0.15) is 18.3 Å². The van der Waals surface area contributed by atoms with Crippen molar-refractivity contribution in [2.24, 2.45) is 0 Å². The van der Waals surface area contributed by atoms with Gasteiger partial charge in [0.25, 0.3) is 5.56 Å². The fourth-order valence-electron chi connectivity index (χ4n) is 2.66. The number of ether oxygens (including phenoxy) is 1. The topological polar surface area (TPSA) is 264 Å². The van der Waals surface area contributed by atoms with E-state index in [1.165, 1.54) is 0 Å². The molecule has 1 aliphatic heterocycles. The number of anilines is 1. The van der Waals surface area contributed by atoms with Crippen LogP contribution in [0.3, 0.4) is 0 Å². The van der Waals surface area contributed by atoms with Crippen LogP contribution >= 0.6 is 15.6 Å². The number of nitrogens with zero attached hydrogens (tertiary/aromatic N) is 3. The number of hydrogen-bond acceptors (Lipinski definition) is 14. The Morgan fingerprint density at radius 2 is 2.00 bits per heavy atom. The van der Waals surface area contributed by atoms with Crippen molar-refractivity contribution in [1.82, 2.24) is 19.5 Å².